The van der Waals surface area contributed by atoms with Crippen LogP contribution in [0.4, 0.5) is 0 Å². The van der Waals surface area contributed by atoms with Crippen LogP contribution in [0.25, 0.3) is 0 Å². The standard InChI is InChI=1S/C9H15NO3S/c1-14(11,12)13-8-2-3-9-4-6-10-7-5-9/h9-10H,4-8H2,1H3. The normalized spacial score (nSPS) is 18.6. The van der Waals surface area contributed by atoms with Crippen LogP contribution < -0.4 is 5.32 Å². The average molecular weight is 217 g/mol. The Hall–Kier alpha value is -0.570. The first-order chi connectivity index (χ1) is 6.58. The van der Waals surface area contributed by atoms with E-state index < -0.39 is 10.1 Å². The first-order valence-corrected chi connectivity index (χ1v) is 6.43. The maximum atomic E-state index is 10.6. The van der Waals surface area contributed by atoms with Crippen molar-refractivity contribution in [3.8, 4) is 11.8 Å². The minimum atomic E-state index is -3.34. The molecular formula is C9H15NO3S. The predicted molar refractivity (Wildman–Crippen MR) is 54.2 cm³/mol. The van der Waals surface area contributed by atoms with Gasteiger partial charge in [-0.15, -0.1) is 0 Å². The van der Waals surface area contributed by atoms with Gasteiger partial charge in [0.25, 0.3) is 10.1 Å². The molecule has 0 aromatic carbocycles. The van der Waals surface area contributed by atoms with Gasteiger partial charge in [-0.2, -0.15) is 8.42 Å². The molecule has 4 nitrogen and oxygen atoms in total. The molecule has 0 atom stereocenters. The molecule has 0 amide bonds. The summed E-state index contributed by atoms with van der Waals surface area (Å²) in [6, 6.07) is 0. The van der Waals surface area contributed by atoms with Crippen LogP contribution >= 0.6 is 0 Å². The van der Waals surface area contributed by atoms with Crippen LogP contribution in [0, 0.1) is 17.8 Å². The molecule has 1 rings (SSSR count). The van der Waals surface area contributed by atoms with E-state index in [1.165, 1.54) is 0 Å². The molecule has 1 saturated heterocycles. The van der Waals surface area contributed by atoms with Crippen LogP contribution in [0.3, 0.4) is 0 Å². The lowest BCUT2D eigenvalue weighted by molar-refractivity contribution is 0.367. The molecule has 0 bridgehead atoms. The van der Waals surface area contributed by atoms with E-state index >= 15 is 0 Å². The predicted octanol–water partition coefficient (Wildman–Crippen LogP) is -0.0344. The highest BCUT2D eigenvalue weighted by Gasteiger charge is 2.09. The fraction of sp³-hybridized carbons (Fsp3) is 0.778. The van der Waals surface area contributed by atoms with Crippen LogP contribution in [-0.4, -0.2) is 34.4 Å². The largest absolute Gasteiger partial charge is 0.317 e. The van der Waals surface area contributed by atoms with E-state index in [-0.39, 0.29) is 6.61 Å². The summed E-state index contributed by atoms with van der Waals surface area (Å²) in [6.45, 7) is 1.96. The maximum absolute atomic E-state index is 10.6. The molecule has 1 N–H and O–H groups in total. The molecule has 1 fully saturated rings. The third kappa shape index (κ3) is 5.22. The molecular weight excluding hydrogens is 202 g/mol. The lowest BCUT2D eigenvalue weighted by Crippen LogP contribution is -2.27. The van der Waals surface area contributed by atoms with Crippen molar-refractivity contribution in [1.82, 2.24) is 5.32 Å². The molecule has 0 unspecified atom stereocenters. The first-order valence-electron chi connectivity index (χ1n) is 4.61. The van der Waals surface area contributed by atoms with Gasteiger partial charge in [0.2, 0.25) is 0 Å². The highest BCUT2D eigenvalue weighted by molar-refractivity contribution is 7.85. The summed E-state index contributed by atoms with van der Waals surface area (Å²) >= 11 is 0. The first kappa shape index (κ1) is 11.5. The van der Waals surface area contributed by atoms with E-state index in [0.29, 0.717) is 5.92 Å². The van der Waals surface area contributed by atoms with Crippen LogP contribution in [0.2, 0.25) is 0 Å². The Morgan fingerprint density at radius 3 is 2.64 bits per heavy atom. The quantitative estimate of drug-likeness (QED) is 0.521. The van der Waals surface area contributed by atoms with Crippen molar-refractivity contribution >= 4 is 10.1 Å². The molecule has 5 heteroatoms. The highest BCUT2D eigenvalue weighted by Crippen LogP contribution is 2.09. The second-order valence-electron chi connectivity index (χ2n) is 3.31. The van der Waals surface area contributed by atoms with Crippen LogP contribution in [0.5, 0.6) is 0 Å². The average Bonchev–Trinajstić information content (AvgIpc) is 2.13. The Morgan fingerprint density at radius 1 is 1.43 bits per heavy atom. The highest BCUT2D eigenvalue weighted by atomic mass is 32.2. The molecule has 0 aliphatic carbocycles. The number of hydrogen-bond donors (Lipinski definition) is 1. The number of hydrogen-bond acceptors (Lipinski definition) is 4. The van der Waals surface area contributed by atoms with Crippen LogP contribution in [0.1, 0.15) is 12.8 Å². The second kappa shape index (κ2) is 5.35. The van der Waals surface area contributed by atoms with E-state index in [0.717, 1.165) is 32.2 Å². The Morgan fingerprint density at radius 2 is 2.07 bits per heavy atom. The lowest BCUT2D eigenvalue weighted by atomic mass is 9.99. The van der Waals surface area contributed by atoms with Gasteiger partial charge >= 0.3 is 0 Å². The fourth-order valence-corrected chi connectivity index (χ4v) is 1.56. The topological polar surface area (TPSA) is 55.4 Å². The van der Waals surface area contributed by atoms with E-state index in [1.54, 1.807) is 0 Å². The van der Waals surface area contributed by atoms with Gasteiger partial charge in [0.05, 0.1) is 6.26 Å². The zero-order valence-corrected chi connectivity index (χ0v) is 9.06. The van der Waals surface area contributed by atoms with Crippen molar-refractivity contribution in [3.05, 3.63) is 0 Å². The van der Waals surface area contributed by atoms with Crippen molar-refractivity contribution in [1.29, 1.82) is 0 Å². The summed E-state index contributed by atoms with van der Waals surface area (Å²) in [5.41, 5.74) is 0. The number of rotatable bonds is 2. The summed E-state index contributed by atoms with van der Waals surface area (Å²) in [5, 5.41) is 3.23. The van der Waals surface area contributed by atoms with Crippen molar-refractivity contribution in [3.63, 3.8) is 0 Å². The Bertz CT molecular complexity index is 320. The molecule has 14 heavy (non-hydrogen) atoms. The molecule has 1 aliphatic rings. The van der Waals surface area contributed by atoms with Gasteiger partial charge in [-0.25, -0.2) is 0 Å². The van der Waals surface area contributed by atoms with Crippen molar-refractivity contribution in [2.24, 2.45) is 5.92 Å². The van der Waals surface area contributed by atoms with Gasteiger partial charge in [-0.1, -0.05) is 11.8 Å². The van der Waals surface area contributed by atoms with E-state index in [2.05, 4.69) is 21.3 Å². The Balaban J connectivity index is 2.25. The van der Waals surface area contributed by atoms with Gasteiger partial charge in [-0.3, -0.25) is 4.18 Å². The molecule has 0 radical (unpaired) electrons. The van der Waals surface area contributed by atoms with Gasteiger partial charge in [0, 0.05) is 5.92 Å². The molecule has 0 aromatic rings. The third-order valence-corrected chi connectivity index (χ3v) is 2.54. The summed E-state index contributed by atoms with van der Waals surface area (Å²) < 4.78 is 25.7. The van der Waals surface area contributed by atoms with Gasteiger partial charge in [-0.05, 0) is 25.9 Å². The second-order valence-corrected chi connectivity index (χ2v) is 4.96. The zero-order chi connectivity index (χ0) is 10.4. The number of piperidine rings is 1. The van der Waals surface area contributed by atoms with E-state index in [9.17, 15) is 8.42 Å². The molecule has 1 heterocycles. The summed E-state index contributed by atoms with van der Waals surface area (Å²) in [4.78, 5) is 0. The molecule has 0 spiro atoms. The fourth-order valence-electron chi connectivity index (χ4n) is 1.29. The van der Waals surface area contributed by atoms with Crippen molar-refractivity contribution < 1.29 is 12.6 Å². The van der Waals surface area contributed by atoms with Crippen molar-refractivity contribution in [2.45, 2.75) is 12.8 Å². The minimum absolute atomic E-state index is 0.0250. The molecule has 0 aromatic heterocycles. The van der Waals surface area contributed by atoms with Gasteiger partial charge in [0.15, 0.2) is 0 Å². The Kier molecular flexibility index (Phi) is 4.39. The van der Waals surface area contributed by atoms with Crippen LogP contribution in [-0.2, 0) is 14.3 Å². The summed E-state index contributed by atoms with van der Waals surface area (Å²) in [6.07, 6.45) is 3.09. The van der Waals surface area contributed by atoms with Crippen molar-refractivity contribution in [2.75, 3.05) is 26.0 Å². The summed E-state index contributed by atoms with van der Waals surface area (Å²) in [5.74, 6) is 6.14. The van der Waals surface area contributed by atoms with Crippen LogP contribution in [0.15, 0.2) is 0 Å². The number of nitrogens with one attached hydrogen (secondary N) is 1. The third-order valence-electron chi connectivity index (χ3n) is 1.99. The molecule has 1 aliphatic heterocycles. The SMILES string of the molecule is CS(=O)(=O)OCC#CC1CCNCC1. The molecule has 80 valence electrons. The lowest BCUT2D eigenvalue weighted by Gasteiger charge is -2.17. The maximum Gasteiger partial charge on any atom is 0.265 e. The van der Waals surface area contributed by atoms with E-state index in [1.807, 2.05) is 0 Å². The Labute approximate surface area is 85.1 Å². The zero-order valence-electron chi connectivity index (χ0n) is 8.25. The monoisotopic (exact) mass is 217 g/mol. The van der Waals surface area contributed by atoms with Gasteiger partial charge in [0.1, 0.15) is 6.61 Å². The minimum Gasteiger partial charge on any atom is -0.317 e. The molecule has 0 saturated carbocycles. The summed E-state index contributed by atoms with van der Waals surface area (Å²) in [7, 11) is -3.34. The van der Waals surface area contributed by atoms with Gasteiger partial charge < -0.3 is 5.32 Å². The smallest absolute Gasteiger partial charge is 0.265 e. The van der Waals surface area contributed by atoms with E-state index in [4.69, 9.17) is 0 Å².